The van der Waals surface area contributed by atoms with E-state index < -0.39 is 0 Å². The maximum atomic E-state index is 10.9. The second-order valence-corrected chi connectivity index (χ2v) is 3.54. The molecule has 2 rings (SSSR count). The molecule has 2 N–H and O–H groups in total. The van der Waals surface area contributed by atoms with Crippen LogP contribution in [0, 0.1) is 0 Å². The average molecular weight is 168 g/mol. The molecule has 1 aliphatic rings. The third-order valence-electron chi connectivity index (χ3n) is 1.77. The van der Waals surface area contributed by atoms with E-state index in [1.54, 1.807) is 11.8 Å². The average Bonchev–Trinajstić information content (AvgIpc) is 2.41. The van der Waals surface area contributed by atoms with Crippen LogP contribution in [-0.4, -0.2) is 10.5 Å². The third-order valence-corrected chi connectivity index (χ3v) is 3.01. The Morgan fingerprint density at radius 3 is 3.36 bits per heavy atom. The highest BCUT2D eigenvalue weighted by atomic mass is 32.2. The molecular weight excluding hydrogens is 160 g/mol. The predicted molar refractivity (Wildman–Crippen MR) is 44.0 cm³/mol. The number of carbonyl (C=O) groups excluding carboxylic acids is 1. The van der Waals surface area contributed by atoms with Gasteiger partial charge in [0.25, 0.3) is 0 Å². The van der Waals surface area contributed by atoms with Crippen molar-refractivity contribution in [1.82, 2.24) is 4.57 Å². The van der Waals surface area contributed by atoms with Crippen molar-refractivity contribution in [3.8, 4) is 0 Å². The number of thioether (sulfide) groups is 1. The number of hydrogen-bond donors (Lipinski definition) is 1. The van der Waals surface area contributed by atoms with Crippen LogP contribution in [-0.2, 0) is 10.7 Å². The molecule has 0 aliphatic carbocycles. The fourth-order valence-electron chi connectivity index (χ4n) is 1.25. The maximum Gasteiger partial charge on any atom is 0.236 e. The van der Waals surface area contributed by atoms with E-state index in [1.807, 2.05) is 22.9 Å². The molecule has 1 unspecified atom stereocenters. The van der Waals surface area contributed by atoms with Gasteiger partial charge in [0.2, 0.25) is 5.91 Å². The maximum absolute atomic E-state index is 10.9. The number of aromatic nitrogens is 1. The molecule has 11 heavy (non-hydrogen) atoms. The third kappa shape index (κ3) is 0.939. The summed E-state index contributed by atoms with van der Waals surface area (Å²) in [6, 6.07) is 3.88. The van der Waals surface area contributed by atoms with Gasteiger partial charge in [-0.05, 0) is 12.1 Å². The zero-order valence-corrected chi connectivity index (χ0v) is 6.67. The second-order valence-electron chi connectivity index (χ2n) is 2.48. The van der Waals surface area contributed by atoms with Crippen LogP contribution in [0.3, 0.4) is 0 Å². The van der Waals surface area contributed by atoms with Crippen molar-refractivity contribution in [3.63, 3.8) is 0 Å². The summed E-state index contributed by atoms with van der Waals surface area (Å²) < 4.78 is 2.04. The summed E-state index contributed by atoms with van der Waals surface area (Å²) in [4.78, 5) is 10.9. The number of nitrogens with two attached hydrogens (primary N) is 1. The largest absolute Gasteiger partial charge is 0.368 e. The zero-order valence-electron chi connectivity index (χ0n) is 5.86. The molecule has 1 aromatic rings. The standard InChI is InChI=1S/C7H8N2OS/c8-7(10)6-5-2-1-3-9(5)4-11-6/h1-3,6H,4H2,(H2,8,10). The van der Waals surface area contributed by atoms with E-state index in [4.69, 9.17) is 5.73 Å². The van der Waals surface area contributed by atoms with Gasteiger partial charge in [-0.15, -0.1) is 11.8 Å². The van der Waals surface area contributed by atoms with Crippen molar-refractivity contribution in [2.45, 2.75) is 11.1 Å². The number of fused-ring (bicyclic) bond motifs is 1. The van der Waals surface area contributed by atoms with Crippen molar-refractivity contribution in [2.75, 3.05) is 0 Å². The van der Waals surface area contributed by atoms with Crippen LogP contribution in [0.4, 0.5) is 0 Å². The lowest BCUT2D eigenvalue weighted by Gasteiger charge is -2.00. The topological polar surface area (TPSA) is 48.0 Å². The van der Waals surface area contributed by atoms with E-state index in [1.165, 1.54) is 0 Å². The van der Waals surface area contributed by atoms with Crippen LogP contribution >= 0.6 is 11.8 Å². The second kappa shape index (κ2) is 2.30. The fourth-order valence-corrected chi connectivity index (χ4v) is 2.34. The highest BCUT2D eigenvalue weighted by Gasteiger charge is 2.26. The summed E-state index contributed by atoms with van der Waals surface area (Å²) in [7, 11) is 0. The first-order valence-electron chi connectivity index (χ1n) is 3.35. The van der Waals surface area contributed by atoms with Gasteiger partial charge in [-0.25, -0.2) is 0 Å². The van der Waals surface area contributed by atoms with Gasteiger partial charge < -0.3 is 10.3 Å². The molecule has 4 heteroatoms. The monoisotopic (exact) mass is 168 g/mol. The van der Waals surface area contributed by atoms with Crippen LogP contribution in [0.15, 0.2) is 18.3 Å². The van der Waals surface area contributed by atoms with Gasteiger partial charge in [-0.3, -0.25) is 4.79 Å². The van der Waals surface area contributed by atoms with Gasteiger partial charge in [0.1, 0.15) is 5.25 Å². The fraction of sp³-hybridized carbons (Fsp3) is 0.286. The minimum absolute atomic E-state index is 0.134. The van der Waals surface area contributed by atoms with E-state index in [2.05, 4.69) is 0 Å². The number of nitrogens with zero attached hydrogens (tertiary/aromatic N) is 1. The first kappa shape index (κ1) is 6.79. The Morgan fingerprint density at radius 2 is 2.64 bits per heavy atom. The van der Waals surface area contributed by atoms with E-state index in [0.717, 1.165) is 11.6 Å². The minimum Gasteiger partial charge on any atom is -0.368 e. The van der Waals surface area contributed by atoms with Crippen LogP contribution in [0.1, 0.15) is 10.9 Å². The Kier molecular flexibility index (Phi) is 1.42. The summed E-state index contributed by atoms with van der Waals surface area (Å²) in [6.07, 6.45) is 1.96. The number of primary amides is 1. The molecule has 2 heterocycles. The molecule has 0 aromatic carbocycles. The van der Waals surface area contributed by atoms with Crippen LogP contribution in [0.5, 0.6) is 0 Å². The molecule has 1 aromatic heterocycles. The minimum atomic E-state index is -0.243. The normalized spacial score (nSPS) is 21.6. The molecule has 3 nitrogen and oxygen atoms in total. The highest BCUT2D eigenvalue weighted by Crippen LogP contribution is 2.36. The molecule has 58 valence electrons. The van der Waals surface area contributed by atoms with Gasteiger partial charge in [0.15, 0.2) is 0 Å². The predicted octanol–water partition coefficient (Wildman–Crippen LogP) is 0.719. The Morgan fingerprint density at radius 1 is 1.82 bits per heavy atom. The summed E-state index contributed by atoms with van der Waals surface area (Å²) in [6.45, 7) is 0. The lowest BCUT2D eigenvalue weighted by atomic mass is 10.3. The van der Waals surface area contributed by atoms with Crippen molar-refractivity contribution < 1.29 is 4.79 Å². The summed E-state index contributed by atoms with van der Waals surface area (Å²) in [5.74, 6) is 0.600. The van der Waals surface area contributed by atoms with Crippen molar-refractivity contribution in [1.29, 1.82) is 0 Å². The lowest BCUT2D eigenvalue weighted by Crippen LogP contribution is -2.17. The molecule has 1 amide bonds. The molecule has 0 bridgehead atoms. The molecule has 1 atom stereocenters. The van der Waals surface area contributed by atoms with E-state index in [-0.39, 0.29) is 11.2 Å². The highest BCUT2D eigenvalue weighted by molar-refractivity contribution is 7.99. The van der Waals surface area contributed by atoms with E-state index >= 15 is 0 Å². The quantitative estimate of drug-likeness (QED) is 0.671. The van der Waals surface area contributed by atoms with Gasteiger partial charge in [0, 0.05) is 11.9 Å². The zero-order chi connectivity index (χ0) is 7.84. The molecule has 0 spiro atoms. The first-order chi connectivity index (χ1) is 5.29. The van der Waals surface area contributed by atoms with Gasteiger partial charge in [-0.2, -0.15) is 0 Å². The van der Waals surface area contributed by atoms with Crippen molar-refractivity contribution in [2.24, 2.45) is 5.73 Å². The molecule has 0 saturated carbocycles. The lowest BCUT2D eigenvalue weighted by molar-refractivity contribution is -0.117. The van der Waals surface area contributed by atoms with E-state index in [0.29, 0.717) is 0 Å². The Hall–Kier alpha value is -0.900. The summed E-state index contributed by atoms with van der Waals surface area (Å²) >= 11 is 1.57. The number of rotatable bonds is 1. The molecule has 0 fully saturated rings. The Labute approximate surface area is 68.6 Å². The molecule has 0 saturated heterocycles. The summed E-state index contributed by atoms with van der Waals surface area (Å²) in [5.41, 5.74) is 6.23. The van der Waals surface area contributed by atoms with Crippen molar-refractivity contribution >= 4 is 17.7 Å². The molecular formula is C7H8N2OS. The van der Waals surface area contributed by atoms with E-state index in [9.17, 15) is 4.79 Å². The number of amides is 1. The number of carbonyl (C=O) groups is 1. The van der Waals surface area contributed by atoms with Crippen LogP contribution < -0.4 is 5.73 Å². The number of hydrogen-bond acceptors (Lipinski definition) is 2. The Bertz CT molecular complexity index is 294. The van der Waals surface area contributed by atoms with Crippen LogP contribution in [0.25, 0.3) is 0 Å². The van der Waals surface area contributed by atoms with Gasteiger partial charge >= 0.3 is 0 Å². The van der Waals surface area contributed by atoms with Crippen LogP contribution in [0.2, 0.25) is 0 Å². The van der Waals surface area contributed by atoms with Gasteiger partial charge in [0.05, 0.1) is 5.88 Å². The Balaban J connectivity index is 2.38. The summed E-state index contributed by atoms with van der Waals surface area (Å²) in [5, 5.41) is -0.134. The van der Waals surface area contributed by atoms with Crippen molar-refractivity contribution in [3.05, 3.63) is 24.0 Å². The SMILES string of the molecule is NC(=O)C1SCn2cccc21. The smallest absolute Gasteiger partial charge is 0.236 e. The van der Waals surface area contributed by atoms with Gasteiger partial charge in [-0.1, -0.05) is 0 Å². The molecule has 1 aliphatic heterocycles. The molecule has 0 radical (unpaired) electrons. The first-order valence-corrected chi connectivity index (χ1v) is 4.40.